The second-order valence-electron chi connectivity index (χ2n) is 5.11. The van der Waals surface area contributed by atoms with Gasteiger partial charge in [0.25, 0.3) is 0 Å². The quantitative estimate of drug-likeness (QED) is 0.695. The summed E-state index contributed by atoms with van der Waals surface area (Å²) in [6.07, 6.45) is 0.898. The van der Waals surface area contributed by atoms with E-state index in [-0.39, 0.29) is 11.9 Å². The highest BCUT2D eigenvalue weighted by atomic mass is 35.5. The van der Waals surface area contributed by atoms with E-state index in [1.807, 2.05) is 24.0 Å². The fourth-order valence-electron chi connectivity index (χ4n) is 2.20. The maximum atomic E-state index is 12.4. The Morgan fingerprint density at radius 3 is 2.68 bits per heavy atom. The number of nitrogens with zero attached hydrogens (tertiary/aromatic N) is 1. The zero-order valence-electron chi connectivity index (χ0n) is 13.4. The van der Waals surface area contributed by atoms with Gasteiger partial charge in [-0.25, -0.2) is 0 Å². The van der Waals surface area contributed by atoms with Crippen LogP contribution in [0.2, 0.25) is 10.0 Å². The van der Waals surface area contributed by atoms with Gasteiger partial charge in [-0.3, -0.25) is 4.79 Å². The van der Waals surface area contributed by atoms with Crippen molar-refractivity contribution in [2.24, 2.45) is 0 Å². The number of nitrogens with one attached hydrogen (secondary N) is 1. The molecular weight excluding hydrogens is 323 g/mol. The first-order chi connectivity index (χ1) is 10.5. The summed E-state index contributed by atoms with van der Waals surface area (Å²) < 4.78 is 4.96. The van der Waals surface area contributed by atoms with Crippen molar-refractivity contribution in [2.75, 3.05) is 33.4 Å². The molecule has 0 aliphatic carbocycles. The molecule has 1 atom stereocenters. The van der Waals surface area contributed by atoms with Crippen LogP contribution in [-0.4, -0.2) is 44.2 Å². The fraction of sp³-hybridized carbons (Fsp3) is 0.562. The highest BCUT2D eigenvalue weighted by molar-refractivity contribution is 6.42. The third-order valence-corrected chi connectivity index (χ3v) is 4.18. The number of ether oxygens (including phenoxy) is 1. The number of hydrogen-bond acceptors (Lipinski definition) is 3. The first-order valence-electron chi connectivity index (χ1n) is 7.45. The maximum absolute atomic E-state index is 12.4. The van der Waals surface area contributed by atoms with E-state index in [9.17, 15) is 4.79 Å². The van der Waals surface area contributed by atoms with E-state index >= 15 is 0 Å². The van der Waals surface area contributed by atoms with E-state index in [0.29, 0.717) is 36.3 Å². The average molecular weight is 347 g/mol. The van der Waals surface area contributed by atoms with Gasteiger partial charge in [0.05, 0.1) is 29.2 Å². The van der Waals surface area contributed by atoms with Gasteiger partial charge in [0, 0.05) is 20.2 Å². The Morgan fingerprint density at radius 2 is 2.09 bits per heavy atom. The topological polar surface area (TPSA) is 41.6 Å². The normalized spacial score (nSPS) is 12.2. The van der Waals surface area contributed by atoms with Crippen LogP contribution in [0.5, 0.6) is 0 Å². The molecule has 124 valence electrons. The summed E-state index contributed by atoms with van der Waals surface area (Å²) >= 11 is 12.0. The Labute approximate surface area is 142 Å². The van der Waals surface area contributed by atoms with Crippen molar-refractivity contribution >= 4 is 29.1 Å². The molecule has 0 saturated heterocycles. The molecule has 1 aromatic carbocycles. The number of methoxy groups -OCH3 is 1. The van der Waals surface area contributed by atoms with E-state index in [2.05, 4.69) is 12.2 Å². The van der Waals surface area contributed by atoms with Gasteiger partial charge in [-0.15, -0.1) is 0 Å². The molecule has 4 nitrogen and oxygen atoms in total. The van der Waals surface area contributed by atoms with Crippen LogP contribution in [0.25, 0.3) is 0 Å². The van der Waals surface area contributed by atoms with Crippen molar-refractivity contribution < 1.29 is 9.53 Å². The molecule has 0 spiro atoms. The van der Waals surface area contributed by atoms with Gasteiger partial charge in [0.1, 0.15) is 0 Å². The van der Waals surface area contributed by atoms with E-state index in [4.69, 9.17) is 27.9 Å². The summed E-state index contributed by atoms with van der Waals surface area (Å²) in [5.74, 6) is 0.0662. The number of carbonyl (C=O) groups excluding carboxylic acids is 1. The summed E-state index contributed by atoms with van der Waals surface area (Å²) in [5, 5.41) is 4.12. The monoisotopic (exact) mass is 346 g/mol. The van der Waals surface area contributed by atoms with Gasteiger partial charge in [-0.05, 0) is 31.0 Å². The van der Waals surface area contributed by atoms with E-state index < -0.39 is 0 Å². The van der Waals surface area contributed by atoms with Gasteiger partial charge in [0.15, 0.2) is 0 Å². The van der Waals surface area contributed by atoms with Crippen molar-refractivity contribution in [2.45, 2.75) is 26.3 Å². The minimum absolute atomic E-state index is 0.0496. The van der Waals surface area contributed by atoms with Crippen LogP contribution in [0.4, 0.5) is 0 Å². The highest BCUT2D eigenvalue weighted by Gasteiger charge is 2.20. The van der Waals surface area contributed by atoms with E-state index in [1.165, 1.54) is 0 Å². The molecule has 0 aliphatic rings. The molecule has 0 heterocycles. The van der Waals surface area contributed by atoms with Crippen molar-refractivity contribution in [3.8, 4) is 0 Å². The Hall–Kier alpha value is -0.810. The SMILES string of the molecule is CCCN(C(=O)CNCCOC)C(C)c1ccc(Cl)c(Cl)c1. The lowest BCUT2D eigenvalue weighted by atomic mass is 10.1. The van der Waals surface area contributed by atoms with Crippen molar-refractivity contribution in [1.82, 2.24) is 10.2 Å². The maximum Gasteiger partial charge on any atom is 0.237 e. The minimum atomic E-state index is -0.0496. The molecule has 6 heteroatoms. The molecule has 0 bridgehead atoms. The predicted octanol–water partition coefficient (Wildman–Crippen LogP) is 3.53. The van der Waals surface area contributed by atoms with Crippen LogP contribution in [0.3, 0.4) is 0 Å². The van der Waals surface area contributed by atoms with Gasteiger partial charge in [-0.2, -0.15) is 0 Å². The van der Waals surface area contributed by atoms with Crippen LogP contribution < -0.4 is 5.32 Å². The molecule has 0 aromatic heterocycles. The summed E-state index contributed by atoms with van der Waals surface area (Å²) in [7, 11) is 1.64. The third kappa shape index (κ3) is 5.76. The minimum Gasteiger partial charge on any atom is -0.383 e. The van der Waals surface area contributed by atoms with Crippen molar-refractivity contribution in [1.29, 1.82) is 0 Å². The fourth-order valence-corrected chi connectivity index (χ4v) is 2.51. The van der Waals surface area contributed by atoms with Crippen LogP contribution in [-0.2, 0) is 9.53 Å². The van der Waals surface area contributed by atoms with Crippen molar-refractivity contribution in [3.05, 3.63) is 33.8 Å². The summed E-state index contributed by atoms with van der Waals surface area (Å²) in [6, 6.07) is 5.45. The second-order valence-corrected chi connectivity index (χ2v) is 5.92. The smallest absolute Gasteiger partial charge is 0.237 e. The molecular formula is C16H24Cl2N2O2. The largest absolute Gasteiger partial charge is 0.383 e. The van der Waals surface area contributed by atoms with Crippen LogP contribution in [0, 0.1) is 0 Å². The Bertz CT molecular complexity index is 483. The molecule has 1 aromatic rings. The number of rotatable bonds is 9. The van der Waals surface area contributed by atoms with Gasteiger partial charge < -0.3 is 15.0 Å². The summed E-state index contributed by atoms with van der Waals surface area (Å²) in [6.45, 7) is 6.30. The van der Waals surface area contributed by atoms with Gasteiger partial charge >= 0.3 is 0 Å². The van der Waals surface area contributed by atoms with E-state index in [0.717, 1.165) is 12.0 Å². The lowest BCUT2D eigenvalue weighted by molar-refractivity contribution is -0.132. The number of amides is 1. The molecule has 0 fully saturated rings. The van der Waals surface area contributed by atoms with E-state index in [1.54, 1.807) is 13.2 Å². The number of halogens is 2. The first-order valence-corrected chi connectivity index (χ1v) is 8.20. The molecule has 1 rings (SSSR count). The molecule has 1 N–H and O–H groups in total. The molecule has 1 amide bonds. The molecule has 0 aliphatic heterocycles. The Balaban J connectivity index is 2.75. The predicted molar refractivity (Wildman–Crippen MR) is 91.6 cm³/mol. The lowest BCUT2D eigenvalue weighted by Crippen LogP contribution is -2.40. The van der Waals surface area contributed by atoms with Crippen LogP contribution in [0.15, 0.2) is 18.2 Å². The first kappa shape index (κ1) is 19.2. The second kappa shape index (κ2) is 10.1. The van der Waals surface area contributed by atoms with Gasteiger partial charge in [0.2, 0.25) is 5.91 Å². The molecule has 22 heavy (non-hydrogen) atoms. The Kier molecular flexibility index (Phi) is 8.79. The van der Waals surface area contributed by atoms with Crippen LogP contribution >= 0.6 is 23.2 Å². The zero-order chi connectivity index (χ0) is 16.5. The third-order valence-electron chi connectivity index (χ3n) is 3.44. The van der Waals surface area contributed by atoms with Gasteiger partial charge in [-0.1, -0.05) is 36.2 Å². The number of carbonyl (C=O) groups is 1. The molecule has 0 radical (unpaired) electrons. The van der Waals surface area contributed by atoms with Crippen LogP contribution in [0.1, 0.15) is 31.9 Å². The summed E-state index contributed by atoms with van der Waals surface area (Å²) in [5.41, 5.74) is 0.980. The Morgan fingerprint density at radius 1 is 1.36 bits per heavy atom. The summed E-state index contributed by atoms with van der Waals surface area (Å²) in [4.78, 5) is 14.3. The number of hydrogen-bond donors (Lipinski definition) is 1. The number of benzene rings is 1. The highest BCUT2D eigenvalue weighted by Crippen LogP contribution is 2.28. The van der Waals surface area contributed by atoms with Crippen molar-refractivity contribution in [3.63, 3.8) is 0 Å². The zero-order valence-corrected chi connectivity index (χ0v) is 14.9. The molecule has 0 saturated carbocycles. The average Bonchev–Trinajstić information content (AvgIpc) is 2.51. The standard InChI is InChI=1S/C16H24Cl2N2O2/c1-4-8-20(16(21)11-19-7-9-22-3)12(2)13-5-6-14(17)15(18)10-13/h5-6,10,12,19H,4,7-9,11H2,1-3H3. The lowest BCUT2D eigenvalue weighted by Gasteiger charge is -2.30. The molecule has 1 unspecified atom stereocenters.